The van der Waals surface area contributed by atoms with Crippen molar-refractivity contribution in [3.8, 4) is 0 Å². The number of thiocarbonyl (C=S) groups is 1. The summed E-state index contributed by atoms with van der Waals surface area (Å²) in [4.78, 5) is 0. The zero-order valence-corrected chi connectivity index (χ0v) is 11.6. The van der Waals surface area contributed by atoms with E-state index in [-0.39, 0.29) is 4.75 Å². The monoisotopic (exact) mass is 299 g/mol. The number of hydrogen-bond donors (Lipinski definition) is 1. The maximum Gasteiger partial charge on any atom is 0.220 e. The quantitative estimate of drug-likeness (QED) is 0.285. The summed E-state index contributed by atoms with van der Waals surface area (Å²) in [6.45, 7) is 6.13. The van der Waals surface area contributed by atoms with Crippen molar-refractivity contribution < 1.29 is 9.94 Å². The molecule has 0 aliphatic carbocycles. The molecule has 0 rings (SSSR count). The number of rotatable bonds is 4. The molecule has 6 heteroatoms. The van der Waals surface area contributed by atoms with Crippen molar-refractivity contribution >= 4 is 50.0 Å². The molecule has 0 aliphatic heterocycles. The van der Waals surface area contributed by atoms with Gasteiger partial charge in [0.2, 0.25) is 4.38 Å². The summed E-state index contributed by atoms with van der Waals surface area (Å²) in [5.41, 5.74) is 0.612. The molecular formula is C8H14BrNO2S2. The fourth-order valence-corrected chi connectivity index (χ4v) is 2.84. The molecule has 0 aliphatic rings. The van der Waals surface area contributed by atoms with Gasteiger partial charge in [-0.3, -0.25) is 0 Å². The van der Waals surface area contributed by atoms with Crippen LogP contribution < -0.4 is 0 Å². The maximum atomic E-state index is 8.71. The summed E-state index contributed by atoms with van der Waals surface area (Å²) in [5.74, 6) is 0. The first-order chi connectivity index (χ1) is 6.50. The van der Waals surface area contributed by atoms with Crippen LogP contribution in [0.2, 0.25) is 0 Å². The molecule has 0 aromatic rings. The fraction of sp³-hybridized carbons (Fsp3) is 0.750. The molecule has 1 atom stereocenters. The van der Waals surface area contributed by atoms with Gasteiger partial charge in [0.15, 0.2) is 0 Å². The number of oxime groups is 1. The maximum absolute atomic E-state index is 8.71. The number of hydrogen-bond acceptors (Lipinski definition) is 5. The van der Waals surface area contributed by atoms with E-state index in [1.807, 2.05) is 13.8 Å². The highest BCUT2D eigenvalue weighted by atomic mass is 79.9. The summed E-state index contributed by atoms with van der Waals surface area (Å²) in [6, 6.07) is 0. The lowest BCUT2D eigenvalue weighted by Gasteiger charge is -2.25. The van der Waals surface area contributed by atoms with Crippen LogP contribution in [-0.2, 0) is 4.74 Å². The van der Waals surface area contributed by atoms with Crippen molar-refractivity contribution in [2.75, 3.05) is 11.9 Å². The van der Waals surface area contributed by atoms with Gasteiger partial charge in [-0.25, -0.2) is 0 Å². The molecule has 14 heavy (non-hydrogen) atoms. The summed E-state index contributed by atoms with van der Waals surface area (Å²) >= 11 is 9.76. The van der Waals surface area contributed by atoms with Crippen molar-refractivity contribution in [2.45, 2.75) is 25.5 Å². The molecule has 0 bridgehead atoms. The molecule has 0 radical (unpaired) electrons. The summed E-state index contributed by atoms with van der Waals surface area (Å²) in [7, 11) is 0. The van der Waals surface area contributed by atoms with E-state index in [4.69, 9.17) is 22.2 Å². The second-order valence-corrected chi connectivity index (χ2v) is 5.50. The van der Waals surface area contributed by atoms with Crippen LogP contribution in [0.15, 0.2) is 5.16 Å². The molecule has 1 unspecified atom stereocenters. The van der Waals surface area contributed by atoms with Gasteiger partial charge in [0.1, 0.15) is 0 Å². The molecule has 0 saturated carbocycles. The summed E-state index contributed by atoms with van der Waals surface area (Å²) in [6.07, 6.45) is 0. The molecule has 82 valence electrons. The van der Waals surface area contributed by atoms with Gasteiger partial charge in [0.05, 0.1) is 17.1 Å². The van der Waals surface area contributed by atoms with Crippen molar-refractivity contribution in [3.05, 3.63) is 0 Å². The van der Waals surface area contributed by atoms with Crippen molar-refractivity contribution in [3.63, 3.8) is 0 Å². The average Bonchev–Trinajstić information content (AvgIpc) is 2.16. The smallest absolute Gasteiger partial charge is 0.220 e. The van der Waals surface area contributed by atoms with Crippen LogP contribution in [0.4, 0.5) is 0 Å². The topological polar surface area (TPSA) is 41.8 Å². The lowest BCUT2D eigenvalue weighted by Crippen LogP contribution is -2.33. The van der Waals surface area contributed by atoms with Crippen LogP contribution in [-0.4, -0.2) is 32.0 Å². The van der Waals surface area contributed by atoms with Crippen molar-refractivity contribution in [1.82, 2.24) is 0 Å². The van der Waals surface area contributed by atoms with E-state index >= 15 is 0 Å². The molecule has 0 aromatic carbocycles. The molecule has 0 spiro atoms. The minimum absolute atomic E-state index is 0.360. The fourth-order valence-electron chi connectivity index (χ4n) is 0.635. The molecule has 0 fully saturated rings. The third-order valence-electron chi connectivity index (χ3n) is 1.74. The Kier molecular flexibility index (Phi) is 6.72. The SMILES string of the molecule is CCOC(=S)SC(C)(CBr)/C(C)=N/O. The predicted octanol–water partition coefficient (Wildman–Crippen LogP) is 3.04. The highest BCUT2D eigenvalue weighted by Gasteiger charge is 2.30. The standard InChI is InChI=1S/C8H14BrNO2S2/c1-4-12-7(13)14-8(3,5-9)6(2)10-11/h11H,4-5H2,1-3H3/b10-6+. The highest BCUT2D eigenvalue weighted by Crippen LogP contribution is 2.30. The summed E-state index contributed by atoms with van der Waals surface area (Å²) < 4.78 is 5.28. The predicted molar refractivity (Wildman–Crippen MR) is 68.9 cm³/mol. The first-order valence-corrected chi connectivity index (χ1v) is 6.45. The van der Waals surface area contributed by atoms with Gasteiger partial charge in [0.25, 0.3) is 0 Å². The molecule has 1 N–H and O–H groups in total. The number of alkyl halides is 1. The van der Waals surface area contributed by atoms with Crippen LogP contribution in [0.25, 0.3) is 0 Å². The minimum Gasteiger partial charge on any atom is -0.479 e. The van der Waals surface area contributed by atoms with Gasteiger partial charge >= 0.3 is 0 Å². The Hall–Kier alpha value is 0.190. The molecule has 0 aromatic heterocycles. The van der Waals surface area contributed by atoms with E-state index in [1.165, 1.54) is 11.8 Å². The van der Waals surface area contributed by atoms with Gasteiger partial charge in [0, 0.05) is 5.33 Å². The second kappa shape index (κ2) is 6.63. The molecule has 0 heterocycles. The van der Waals surface area contributed by atoms with E-state index in [0.29, 0.717) is 22.0 Å². The Morgan fingerprint density at radius 3 is 2.64 bits per heavy atom. The second-order valence-electron chi connectivity index (χ2n) is 2.83. The van der Waals surface area contributed by atoms with Gasteiger partial charge < -0.3 is 9.94 Å². The van der Waals surface area contributed by atoms with Gasteiger partial charge in [-0.2, -0.15) is 0 Å². The van der Waals surface area contributed by atoms with Crippen molar-refractivity contribution in [1.29, 1.82) is 0 Å². The van der Waals surface area contributed by atoms with Crippen molar-refractivity contribution in [2.24, 2.45) is 5.16 Å². The van der Waals surface area contributed by atoms with Crippen LogP contribution >= 0.6 is 39.9 Å². The number of nitrogens with zero attached hydrogens (tertiary/aromatic N) is 1. The van der Waals surface area contributed by atoms with E-state index in [1.54, 1.807) is 6.92 Å². The first kappa shape index (κ1) is 14.2. The Morgan fingerprint density at radius 2 is 2.29 bits per heavy atom. The highest BCUT2D eigenvalue weighted by molar-refractivity contribution is 9.09. The van der Waals surface area contributed by atoms with Crippen LogP contribution in [0.5, 0.6) is 0 Å². The van der Waals surface area contributed by atoms with E-state index in [2.05, 4.69) is 21.1 Å². The van der Waals surface area contributed by atoms with Gasteiger partial charge in [-0.15, -0.1) is 0 Å². The lowest BCUT2D eigenvalue weighted by atomic mass is 10.1. The largest absolute Gasteiger partial charge is 0.479 e. The van der Waals surface area contributed by atoms with E-state index < -0.39 is 0 Å². The van der Waals surface area contributed by atoms with E-state index in [0.717, 1.165) is 0 Å². The third-order valence-corrected chi connectivity index (χ3v) is 4.78. The number of ether oxygens (including phenoxy) is 1. The zero-order chi connectivity index (χ0) is 11.2. The molecule has 3 nitrogen and oxygen atoms in total. The third kappa shape index (κ3) is 4.14. The Bertz CT molecular complexity index is 235. The van der Waals surface area contributed by atoms with E-state index in [9.17, 15) is 0 Å². The minimum atomic E-state index is -0.360. The number of thioether (sulfide) groups is 1. The zero-order valence-electron chi connectivity index (χ0n) is 8.41. The molecular weight excluding hydrogens is 286 g/mol. The van der Waals surface area contributed by atoms with Gasteiger partial charge in [-0.1, -0.05) is 32.8 Å². The number of halogens is 1. The van der Waals surface area contributed by atoms with Crippen LogP contribution in [0.1, 0.15) is 20.8 Å². The molecule has 0 amide bonds. The van der Waals surface area contributed by atoms with Crippen LogP contribution in [0.3, 0.4) is 0 Å². The Morgan fingerprint density at radius 1 is 1.71 bits per heavy atom. The average molecular weight is 300 g/mol. The van der Waals surface area contributed by atoms with Gasteiger partial charge in [-0.05, 0) is 33.0 Å². The lowest BCUT2D eigenvalue weighted by molar-refractivity contribution is 0.316. The first-order valence-electron chi connectivity index (χ1n) is 4.11. The summed E-state index contributed by atoms with van der Waals surface area (Å²) in [5, 5.41) is 12.6. The van der Waals surface area contributed by atoms with Crippen LogP contribution in [0, 0.1) is 0 Å². The Labute approximate surface area is 102 Å². The molecule has 0 saturated heterocycles. The normalized spacial score (nSPS) is 16.1. The Balaban J connectivity index is 4.48.